The van der Waals surface area contributed by atoms with E-state index in [0.717, 1.165) is 10.5 Å². The molecular weight excluding hydrogens is 440 g/mol. The summed E-state index contributed by atoms with van der Waals surface area (Å²) in [6.45, 7) is 0.607. The van der Waals surface area contributed by atoms with Crippen LogP contribution in [0.15, 0.2) is 64.9 Å². The number of rotatable bonds is 10. The molecule has 0 aliphatic rings. The minimum atomic E-state index is -0.272. The number of carbonyl (C=O) groups is 2. The molecule has 1 amide bonds. The molecule has 5 nitrogen and oxygen atoms in total. The number of benzene rings is 2. The number of amides is 1. The number of halogens is 1. The highest BCUT2D eigenvalue weighted by Gasteiger charge is 2.10. The fourth-order valence-corrected chi connectivity index (χ4v) is 4.24. The minimum Gasteiger partial charge on any atom is -0.459 e. The van der Waals surface area contributed by atoms with Crippen molar-refractivity contribution in [3.8, 4) is 0 Å². The highest BCUT2D eigenvalue weighted by molar-refractivity contribution is 7.99. The Morgan fingerprint density at radius 2 is 1.87 bits per heavy atom. The molecule has 0 saturated carbocycles. The van der Waals surface area contributed by atoms with E-state index in [1.807, 2.05) is 60.0 Å². The summed E-state index contributed by atoms with van der Waals surface area (Å²) in [5.41, 5.74) is 1.70. The fraction of sp³-hybridized carbons (Fsp3) is 0.227. The van der Waals surface area contributed by atoms with Crippen LogP contribution in [0.2, 0.25) is 5.02 Å². The largest absolute Gasteiger partial charge is 0.459 e. The molecule has 0 bridgehead atoms. The number of thiazole rings is 1. The van der Waals surface area contributed by atoms with Crippen molar-refractivity contribution in [2.75, 3.05) is 5.75 Å². The lowest BCUT2D eigenvalue weighted by atomic mass is 10.2. The third kappa shape index (κ3) is 7.82. The summed E-state index contributed by atoms with van der Waals surface area (Å²) < 4.78 is 5.28. The Balaban J connectivity index is 1.33. The van der Waals surface area contributed by atoms with E-state index < -0.39 is 0 Å². The summed E-state index contributed by atoms with van der Waals surface area (Å²) in [5.74, 6) is 0.271. The van der Waals surface area contributed by atoms with Gasteiger partial charge in [0.05, 0.1) is 18.5 Å². The zero-order chi connectivity index (χ0) is 21.2. The molecule has 0 spiro atoms. The van der Waals surface area contributed by atoms with Gasteiger partial charge in [-0.2, -0.15) is 0 Å². The maximum Gasteiger partial charge on any atom is 0.307 e. The molecule has 0 fully saturated rings. The van der Waals surface area contributed by atoms with Gasteiger partial charge in [-0.1, -0.05) is 41.9 Å². The molecule has 0 saturated heterocycles. The third-order valence-electron chi connectivity index (χ3n) is 4.01. The number of aromatic nitrogens is 1. The van der Waals surface area contributed by atoms with Crippen molar-refractivity contribution in [3.05, 3.63) is 81.3 Å². The number of hydrogen-bond acceptors (Lipinski definition) is 6. The summed E-state index contributed by atoms with van der Waals surface area (Å²) >= 11 is 8.82. The molecule has 8 heteroatoms. The summed E-state index contributed by atoms with van der Waals surface area (Å²) in [6.07, 6.45) is 0.523. The summed E-state index contributed by atoms with van der Waals surface area (Å²) in [4.78, 5) is 29.4. The zero-order valence-electron chi connectivity index (χ0n) is 16.2. The Hall–Kier alpha value is -2.35. The predicted octanol–water partition coefficient (Wildman–Crippen LogP) is 4.88. The van der Waals surface area contributed by atoms with Crippen LogP contribution in [0.25, 0.3) is 0 Å². The van der Waals surface area contributed by atoms with Crippen LogP contribution in [0.3, 0.4) is 0 Å². The second kappa shape index (κ2) is 11.7. The Labute approximate surface area is 188 Å². The van der Waals surface area contributed by atoms with E-state index in [1.54, 1.807) is 11.8 Å². The Bertz CT molecular complexity index is 962. The van der Waals surface area contributed by atoms with Gasteiger partial charge in [-0.05, 0) is 29.8 Å². The monoisotopic (exact) mass is 460 g/mol. The molecule has 0 aliphatic heterocycles. The molecule has 0 aliphatic carbocycles. The van der Waals surface area contributed by atoms with Crippen molar-refractivity contribution in [3.63, 3.8) is 0 Å². The van der Waals surface area contributed by atoms with Crippen LogP contribution in [-0.4, -0.2) is 22.6 Å². The number of carbonyl (C=O) groups excluding carboxylic acids is 2. The van der Waals surface area contributed by atoms with Crippen molar-refractivity contribution in [1.82, 2.24) is 10.3 Å². The average molecular weight is 461 g/mol. The van der Waals surface area contributed by atoms with Gasteiger partial charge < -0.3 is 10.1 Å². The molecule has 1 N–H and O–H groups in total. The van der Waals surface area contributed by atoms with Crippen molar-refractivity contribution in [2.45, 2.75) is 30.9 Å². The number of nitrogens with zero attached hydrogens (tertiary/aromatic N) is 1. The van der Waals surface area contributed by atoms with E-state index in [-0.39, 0.29) is 24.9 Å². The maximum absolute atomic E-state index is 12.1. The molecule has 2 aromatic carbocycles. The van der Waals surface area contributed by atoms with Crippen LogP contribution in [0.5, 0.6) is 0 Å². The smallest absolute Gasteiger partial charge is 0.307 e. The second-order valence-electron chi connectivity index (χ2n) is 6.38. The fourth-order valence-electron chi connectivity index (χ4n) is 2.50. The molecule has 1 heterocycles. The van der Waals surface area contributed by atoms with E-state index in [1.165, 1.54) is 11.3 Å². The normalized spacial score (nSPS) is 10.6. The van der Waals surface area contributed by atoms with Crippen molar-refractivity contribution in [1.29, 1.82) is 0 Å². The number of nitrogens with one attached hydrogen (secondary N) is 1. The first-order chi connectivity index (χ1) is 14.6. The predicted molar refractivity (Wildman–Crippen MR) is 121 cm³/mol. The van der Waals surface area contributed by atoms with Crippen LogP contribution in [-0.2, 0) is 33.9 Å². The van der Waals surface area contributed by atoms with Gasteiger partial charge in [-0.25, -0.2) is 4.98 Å². The highest BCUT2D eigenvalue weighted by atomic mass is 35.5. The molecule has 0 unspecified atom stereocenters. The van der Waals surface area contributed by atoms with Crippen molar-refractivity contribution in [2.24, 2.45) is 0 Å². The van der Waals surface area contributed by atoms with Crippen LogP contribution in [0, 0.1) is 0 Å². The number of ether oxygens (including phenoxy) is 1. The molecule has 3 aromatic rings. The van der Waals surface area contributed by atoms with Gasteiger partial charge in [-0.15, -0.1) is 23.1 Å². The Kier molecular flexibility index (Phi) is 8.74. The standard InChI is InChI=1S/C22H21ClN2O3S2/c23-17-6-8-19(9-7-17)29-11-10-22(27)28-14-18-15-30-21(25-18)12-20(26)24-13-16-4-2-1-3-5-16/h1-9,15H,10-14H2,(H,24,26). The quantitative estimate of drug-likeness (QED) is 0.345. The van der Waals surface area contributed by atoms with Gasteiger partial charge in [0.1, 0.15) is 11.6 Å². The molecule has 156 valence electrons. The van der Waals surface area contributed by atoms with Crippen LogP contribution in [0.4, 0.5) is 0 Å². The number of thioether (sulfide) groups is 1. The lowest BCUT2D eigenvalue weighted by Crippen LogP contribution is -2.24. The first-order valence-corrected chi connectivity index (χ1v) is 11.6. The van der Waals surface area contributed by atoms with Gasteiger partial charge in [0.2, 0.25) is 5.91 Å². The summed E-state index contributed by atoms with van der Waals surface area (Å²) in [5, 5.41) is 6.08. The zero-order valence-corrected chi connectivity index (χ0v) is 18.6. The Morgan fingerprint density at radius 1 is 1.10 bits per heavy atom. The lowest BCUT2D eigenvalue weighted by molar-refractivity contribution is -0.144. The molecule has 30 heavy (non-hydrogen) atoms. The Morgan fingerprint density at radius 3 is 2.63 bits per heavy atom. The van der Waals surface area contributed by atoms with E-state index in [2.05, 4.69) is 10.3 Å². The summed E-state index contributed by atoms with van der Waals surface area (Å²) in [7, 11) is 0. The van der Waals surface area contributed by atoms with E-state index in [0.29, 0.717) is 34.4 Å². The average Bonchev–Trinajstić information content (AvgIpc) is 3.20. The third-order valence-corrected chi connectivity index (χ3v) is 6.18. The van der Waals surface area contributed by atoms with Gasteiger partial charge in [0, 0.05) is 27.6 Å². The summed E-state index contributed by atoms with van der Waals surface area (Å²) in [6, 6.07) is 17.2. The van der Waals surface area contributed by atoms with Gasteiger partial charge >= 0.3 is 5.97 Å². The maximum atomic E-state index is 12.1. The molecule has 0 radical (unpaired) electrons. The van der Waals surface area contributed by atoms with Gasteiger partial charge in [0.15, 0.2) is 0 Å². The number of esters is 1. The number of hydrogen-bond donors (Lipinski definition) is 1. The van der Waals surface area contributed by atoms with Crippen molar-refractivity contribution >= 4 is 46.6 Å². The van der Waals surface area contributed by atoms with Crippen LogP contribution < -0.4 is 5.32 Å². The second-order valence-corrected chi connectivity index (χ2v) is 8.93. The molecule has 0 atom stereocenters. The van der Waals surface area contributed by atoms with Crippen molar-refractivity contribution < 1.29 is 14.3 Å². The first-order valence-electron chi connectivity index (χ1n) is 9.36. The van der Waals surface area contributed by atoms with Crippen LogP contribution in [0.1, 0.15) is 22.7 Å². The van der Waals surface area contributed by atoms with E-state index in [4.69, 9.17) is 16.3 Å². The molecule has 1 aromatic heterocycles. The SMILES string of the molecule is O=C(Cc1nc(COC(=O)CCSc2ccc(Cl)cc2)cs1)NCc1ccccc1. The van der Waals surface area contributed by atoms with E-state index >= 15 is 0 Å². The molecular formula is C22H21ClN2O3S2. The van der Waals surface area contributed by atoms with Crippen LogP contribution >= 0.6 is 34.7 Å². The minimum absolute atomic E-state index is 0.0871. The van der Waals surface area contributed by atoms with E-state index in [9.17, 15) is 9.59 Å². The highest BCUT2D eigenvalue weighted by Crippen LogP contribution is 2.21. The van der Waals surface area contributed by atoms with Gasteiger partial charge in [-0.3, -0.25) is 9.59 Å². The lowest BCUT2D eigenvalue weighted by Gasteiger charge is -2.04. The first kappa shape index (κ1) is 22.3. The topological polar surface area (TPSA) is 68.3 Å². The molecule has 3 rings (SSSR count). The van der Waals surface area contributed by atoms with Gasteiger partial charge in [0.25, 0.3) is 0 Å².